The van der Waals surface area contributed by atoms with Crippen LogP contribution in [0.3, 0.4) is 0 Å². The van der Waals surface area contributed by atoms with E-state index in [2.05, 4.69) is 10.2 Å². The number of alkyl halides is 1. The van der Waals surface area contributed by atoms with Crippen molar-refractivity contribution < 1.29 is 0 Å². The first-order valence-corrected chi connectivity index (χ1v) is 3.32. The SMILES string of the molecule is CC(Cl)c1n[nH]c(=O)n1C. The Bertz CT molecular complexity index is 275. The number of H-pyrrole nitrogens is 1. The Hall–Kier alpha value is -0.770. The fraction of sp³-hybridized carbons (Fsp3) is 0.600. The van der Waals surface area contributed by atoms with Crippen LogP contribution >= 0.6 is 11.6 Å². The van der Waals surface area contributed by atoms with E-state index in [1.807, 2.05) is 0 Å². The zero-order valence-corrected chi connectivity index (χ0v) is 6.51. The molecule has 1 heterocycles. The van der Waals surface area contributed by atoms with Crippen molar-refractivity contribution >= 4 is 11.6 Å². The molecule has 10 heavy (non-hydrogen) atoms. The topological polar surface area (TPSA) is 50.7 Å². The standard InChI is InChI=1S/C5H8ClN3O/c1-3(6)4-7-8-5(10)9(4)2/h3H,1-2H3,(H,8,10). The van der Waals surface area contributed by atoms with Gasteiger partial charge in [0.2, 0.25) is 0 Å². The molecule has 0 saturated carbocycles. The van der Waals surface area contributed by atoms with Crippen LogP contribution in [0.4, 0.5) is 0 Å². The van der Waals surface area contributed by atoms with Gasteiger partial charge in [-0.15, -0.1) is 11.6 Å². The minimum absolute atomic E-state index is 0.232. The molecule has 0 saturated heterocycles. The highest BCUT2D eigenvalue weighted by molar-refractivity contribution is 6.20. The van der Waals surface area contributed by atoms with Crippen LogP contribution in [0.25, 0.3) is 0 Å². The summed E-state index contributed by atoms with van der Waals surface area (Å²) in [6.45, 7) is 1.76. The Labute approximate surface area is 62.8 Å². The first kappa shape index (κ1) is 7.34. The molecule has 1 N–H and O–H groups in total. The molecule has 0 radical (unpaired) electrons. The molecule has 0 spiro atoms. The molecular formula is C5H8ClN3O. The lowest BCUT2D eigenvalue weighted by Crippen LogP contribution is -2.14. The molecule has 1 aromatic rings. The fourth-order valence-corrected chi connectivity index (χ4v) is 0.910. The summed E-state index contributed by atoms with van der Waals surface area (Å²) in [7, 11) is 1.63. The van der Waals surface area contributed by atoms with Crippen molar-refractivity contribution in [2.45, 2.75) is 12.3 Å². The molecule has 0 aliphatic heterocycles. The van der Waals surface area contributed by atoms with Crippen molar-refractivity contribution in [3.63, 3.8) is 0 Å². The maximum Gasteiger partial charge on any atom is 0.343 e. The molecule has 4 nitrogen and oxygen atoms in total. The summed E-state index contributed by atoms with van der Waals surface area (Å²) in [5.41, 5.74) is -0.234. The Morgan fingerprint density at radius 2 is 2.40 bits per heavy atom. The van der Waals surface area contributed by atoms with E-state index < -0.39 is 0 Å². The minimum Gasteiger partial charge on any atom is -0.281 e. The zero-order chi connectivity index (χ0) is 7.72. The van der Waals surface area contributed by atoms with Crippen LogP contribution in [0.15, 0.2) is 4.79 Å². The van der Waals surface area contributed by atoms with Gasteiger partial charge in [-0.1, -0.05) is 0 Å². The summed E-state index contributed by atoms with van der Waals surface area (Å²) < 4.78 is 1.39. The molecule has 0 bridgehead atoms. The van der Waals surface area contributed by atoms with Crippen molar-refractivity contribution in [2.24, 2.45) is 7.05 Å². The Morgan fingerprint density at radius 1 is 1.80 bits per heavy atom. The van der Waals surface area contributed by atoms with E-state index in [9.17, 15) is 4.79 Å². The van der Waals surface area contributed by atoms with Gasteiger partial charge in [-0.25, -0.2) is 9.89 Å². The Kier molecular flexibility index (Phi) is 1.80. The number of rotatable bonds is 1. The number of hydrogen-bond donors (Lipinski definition) is 1. The first-order chi connectivity index (χ1) is 4.63. The summed E-state index contributed by atoms with van der Waals surface area (Å²) in [6, 6.07) is 0. The van der Waals surface area contributed by atoms with Crippen LogP contribution in [0.2, 0.25) is 0 Å². The van der Waals surface area contributed by atoms with E-state index in [0.717, 1.165) is 0 Å². The van der Waals surface area contributed by atoms with Crippen LogP contribution in [0.1, 0.15) is 18.1 Å². The lowest BCUT2D eigenvalue weighted by molar-refractivity contribution is 0.773. The van der Waals surface area contributed by atoms with Gasteiger partial charge >= 0.3 is 5.69 Å². The highest BCUT2D eigenvalue weighted by atomic mass is 35.5. The normalized spacial score (nSPS) is 13.5. The molecule has 0 aliphatic carbocycles. The smallest absolute Gasteiger partial charge is 0.281 e. The minimum atomic E-state index is -0.234. The highest BCUT2D eigenvalue weighted by Gasteiger charge is 2.08. The molecule has 0 aliphatic rings. The monoisotopic (exact) mass is 161 g/mol. The molecule has 0 aromatic carbocycles. The molecule has 0 amide bonds. The fourth-order valence-electron chi connectivity index (χ4n) is 0.715. The maximum atomic E-state index is 10.7. The lowest BCUT2D eigenvalue weighted by Gasteiger charge is -1.98. The second-order valence-corrected chi connectivity index (χ2v) is 2.72. The van der Waals surface area contributed by atoms with Gasteiger partial charge in [-0.3, -0.25) is 4.57 Å². The van der Waals surface area contributed by atoms with Gasteiger partial charge < -0.3 is 0 Å². The van der Waals surface area contributed by atoms with Gasteiger partial charge in [0.15, 0.2) is 5.82 Å². The quantitative estimate of drug-likeness (QED) is 0.607. The van der Waals surface area contributed by atoms with Gasteiger partial charge in [0.25, 0.3) is 0 Å². The number of aromatic amines is 1. The van der Waals surface area contributed by atoms with Gasteiger partial charge in [-0.05, 0) is 6.92 Å². The molecule has 5 heteroatoms. The number of aromatic nitrogens is 3. The van der Waals surface area contributed by atoms with Gasteiger partial charge in [-0.2, -0.15) is 5.10 Å². The third-order valence-corrected chi connectivity index (χ3v) is 1.47. The molecule has 1 atom stereocenters. The average molecular weight is 162 g/mol. The van der Waals surface area contributed by atoms with Crippen molar-refractivity contribution in [3.05, 3.63) is 16.3 Å². The van der Waals surface area contributed by atoms with Crippen molar-refractivity contribution in [1.29, 1.82) is 0 Å². The van der Waals surface area contributed by atoms with E-state index in [0.29, 0.717) is 5.82 Å². The van der Waals surface area contributed by atoms with Crippen LogP contribution < -0.4 is 5.69 Å². The summed E-state index contributed by atoms with van der Waals surface area (Å²) in [5.74, 6) is 0.562. The third kappa shape index (κ3) is 1.07. The van der Waals surface area contributed by atoms with Crippen molar-refractivity contribution in [2.75, 3.05) is 0 Å². The third-order valence-electron chi connectivity index (χ3n) is 1.27. The Balaban J connectivity index is 3.18. The molecule has 0 fully saturated rings. The van der Waals surface area contributed by atoms with Crippen LogP contribution in [-0.4, -0.2) is 14.8 Å². The van der Waals surface area contributed by atoms with E-state index in [1.165, 1.54) is 4.57 Å². The van der Waals surface area contributed by atoms with E-state index >= 15 is 0 Å². The van der Waals surface area contributed by atoms with Gasteiger partial charge in [0.1, 0.15) is 0 Å². The second kappa shape index (κ2) is 2.46. The largest absolute Gasteiger partial charge is 0.343 e. The molecular weight excluding hydrogens is 154 g/mol. The maximum absolute atomic E-state index is 10.7. The van der Waals surface area contributed by atoms with Crippen LogP contribution in [-0.2, 0) is 7.05 Å². The van der Waals surface area contributed by atoms with Crippen LogP contribution in [0.5, 0.6) is 0 Å². The van der Waals surface area contributed by atoms with Gasteiger partial charge in [0.05, 0.1) is 5.38 Å². The second-order valence-electron chi connectivity index (χ2n) is 2.06. The first-order valence-electron chi connectivity index (χ1n) is 2.88. The Morgan fingerprint density at radius 3 is 2.60 bits per heavy atom. The number of hydrogen-bond acceptors (Lipinski definition) is 2. The number of halogens is 1. The van der Waals surface area contributed by atoms with E-state index in [4.69, 9.17) is 11.6 Å². The molecule has 1 aromatic heterocycles. The molecule has 1 unspecified atom stereocenters. The summed E-state index contributed by atoms with van der Waals surface area (Å²) in [6.07, 6.45) is 0. The zero-order valence-electron chi connectivity index (χ0n) is 5.76. The summed E-state index contributed by atoms with van der Waals surface area (Å²) >= 11 is 5.68. The van der Waals surface area contributed by atoms with Crippen LogP contribution in [0, 0.1) is 0 Å². The highest BCUT2D eigenvalue weighted by Crippen LogP contribution is 2.13. The summed E-state index contributed by atoms with van der Waals surface area (Å²) in [5, 5.41) is 5.77. The van der Waals surface area contributed by atoms with Gasteiger partial charge in [0, 0.05) is 7.05 Å². The van der Waals surface area contributed by atoms with E-state index in [-0.39, 0.29) is 11.1 Å². The molecule has 1 rings (SSSR count). The summed E-state index contributed by atoms with van der Waals surface area (Å²) in [4.78, 5) is 10.7. The van der Waals surface area contributed by atoms with Crippen molar-refractivity contribution in [1.82, 2.24) is 14.8 Å². The number of nitrogens with zero attached hydrogens (tertiary/aromatic N) is 2. The lowest BCUT2D eigenvalue weighted by atomic mass is 10.4. The predicted octanol–water partition coefficient (Wildman–Crippen LogP) is 0.408. The molecule has 56 valence electrons. The van der Waals surface area contributed by atoms with Crippen molar-refractivity contribution in [3.8, 4) is 0 Å². The average Bonchev–Trinajstić information content (AvgIpc) is 2.14. The predicted molar refractivity (Wildman–Crippen MR) is 38.1 cm³/mol. The number of nitrogens with one attached hydrogen (secondary N) is 1. The van der Waals surface area contributed by atoms with E-state index in [1.54, 1.807) is 14.0 Å².